The SMILES string of the molecule is Nc1nc2c(c(=O)[nH]1)C[C@]1(CN2)C[C@H]1Cc1ccc(C(=O)NC(CCC(=O)O)C(=O)O)cc1. The average molecular weight is 455 g/mol. The number of carboxylic acids is 2. The van der Waals surface area contributed by atoms with Crippen LogP contribution in [0.2, 0.25) is 0 Å². The minimum atomic E-state index is -1.28. The molecule has 1 spiro atoms. The molecule has 0 saturated heterocycles. The van der Waals surface area contributed by atoms with E-state index in [4.69, 9.17) is 10.8 Å². The number of H-pyrrole nitrogens is 1. The maximum absolute atomic E-state index is 12.4. The van der Waals surface area contributed by atoms with E-state index in [1.807, 2.05) is 12.1 Å². The number of hydrogen-bond acceptors (Lipinski definition) is 7. The highest BCUT2D eigenvalue weighted by Gasteiger charge is 2.55. The minimum Gasteiger partial charge on any atom is -0.481 e. The first-order valence-corrected chi connectivity index (χ1v) is 10.6. The fourth-order valence-corrected chi connectivity index (χ4v) is 4.50. The van der Waals surface area contributed by atoms with E-state index in [2.05, 4.69) is 20.6 Å². The molecule has 1 unspecified atom stereocenters. The van der Waals surface area contributed by atoms with Gasteiger partial charge < -0.3 is 26.6 Å². The molecule has 4 rings (SSSR count). The minimum absolute atomic E-state index is 0.00725. The Kier molecular flexibility index (Phi) is 5.79. The second kappa shape index (κ2) is 8.57. The van der Waals surface area contributed by atoms with Crippen LogP contribution in [0.1, 0.15) is 40.7 Å². The van der Waals surface area contributed by atoms with Gasteiger partial charge in [-0.2, -0.15) is 4.98 Å². The summed E-state index contributed by atoms with van der Waals surface area (Å²) in [6.07, 6.45) is 1.84. The average Bonchev–Trinajstić information content (AvgIpc) is 3.42. The quantitative estimate of drug-likeness (QED) is 0.331. The molecule has 1 aliphatic carbocycles. The molecule has 3 atom stereocenters. The number of nitrogens with zero attached hydrogens (tertiary/aromatic N) is 1. The summed E-state index contributed by atoms with van der Waals surface area (Å²) in [6.45, 7) is 0.716. The predicted molar refractivity (Wildman–Crippen MR) is 118 cm³/mol. The first kappa shape index (κ1) is 22.3. The van der Waals surface area contributed by atoms with Crippen LogP contribution in [0.4, 0.5) is 11.8 Å². The summed E-state index contributed by atoms with van der Waals surface area (Å²) in [6, 6.07) is 5.64. The summed E-state index contributed by atoms with van der Waals surface area (Å²) in [5.74, 6) is -1.95. The maximum Gasteiger partial charge on any atom is 0.326 e. The van der Waals surface area contributed by atoms with Gasteiger partial charge in [-0.25, -0.2) is 4.79 Å². The number of fused-ring (bicyclic) bond motifs is 1. The monoisotopic (exact) mass is 455 g/mol. The molecule has 1 fully saturated rings. The third-order valence-electron chi connectivity index (χ3n) is 6.48. The number of aromatic nitrogens is 2. The van der Waals surface area contributed by atoms with Crippen molar-refractivity contribution in [3.8, 4) is 0 Å². The Morgan fingerprint density at radius 2 is 1.97 bits per heavy atom. The standard InChI is InChI=1S/C22H25N5O6/c23-21-26-17-14(19(31)27-21)9-22(10-24-17)8-13(22)7-11-1-3-12(4-2-11)18(30)25-15(20(32)33)5-6-16(28)29/h1-4,13,15H,5-10H2,(H,25,30)(H,28,29)(H,32,33)(H4,23,24,26,27,31)/t13-,15?,22+/m1/s1. The van der Waals surface area contributed by atoms with Crippen LogP contribution in [0.25, 0.3) is 0 Å². The lowest BCUT2D eigenvalue weighted by Crippen LogP contribution is -2.41. The van der Waals surface area contributed by atoms with Crippen molar-refractivity contribution in [2.75, 3.05) is 17.6 Å². The first-order chi connectivity index (χ1) is 15.7. The molecule has 1 amide bonds. The van der Waals surface area contributed by atoms with Crippen LogP contribution < -0.4 is 21.9 Å². The molecule has 2 heterocycles. The van der Waals surface area contributed by atoms with Crippen molar-refractivity contribution in [1.29, 1.82) is 0 Å². The summed E-state index contributed by atoms with van der Waals surface area (Å²) in [5.41, 5.74) is 7.35. The lowest BCUT2D eigenvalue weighted by atomic mass is 9.89. The number of nitrogens with one attached hydrogen (secondary N) is 3. The number of amides is 1. The Balaban J connectivity index is 1.36. The van der Waals surface area contributed by atoms with Gasteiger partial charge in [0.15, 0.2) is 0 Å². The second-order valence-electron chi connectivity index (χ2n) is 8.77. The van der Waals surface area contributed by atoms with Crippen molar-refractivity contribution in [1.82, 2.24) is 15.3 Å². The molecule has 1 saturated carbocycles. The zero-order valence-corrected chi connectivity index (χ0v) is 17.8. The third kappa shape index (κ3) is 4.81. The Morgan fingerprint density at radius 3 is 2.64 bits per heavy atom. The molecule has 2 aliphatic rings. The van der Waals surface area contributed by atoms with Crippen molar-refractivity contribution in [3.05, 3.63) is 51.3 Å². The molecule has 2 aromatic rings. The molecular formula is C22H25N5O6. The number of nitrogen functional groups attached to an aromatic ring is 1. The van der Waals surface area contributed by atoms with E-state index in [0.29, 0.717) is 35.8 Å². The van der Waals surface area contributed by atoms with Crippen molar-refractivity contribution >= 4 is 29.6 Å². The van der Waals surface area contributed by atoms with Gasteiger partial charge in [0.2, 0.25) is 5.95 Å². The summed E-state index contributed by atoms with van der Waals surface area (Å²) in [5, 5.41) is 23.5. The number of aliphatic carboxylic acids is 2. The largest absolute Gasteiger partial charge is 0.481 e. The van der Waals surface area contributed by atoms with E-state index >= 15 is 0 Å². The van der Waals surface area contributed by atoms with Gasteiger partial charge >= 0.3 is 11.9 Å². The highest BCUT2D eigenvalue weighted by atomic mass is 16.4. The Bertz CT molecular complexity index is 1160. The summed E-state index contributed by atoms with van der Waals surface area (Å²) >= 11 is 0. The number of carbonyl (C=O) groups excluding carboxylic acids is 1. The molecule has 7 N–H and O–H groups in total. The van der Waals surface area contributed by atoms with Gasteiger partial charge in [0.05, 0.1) is 5.56 Å². The summed E-state index contributed by atoms with van der Waals surface area (Å²) < 4.78 is 0. The summed E-state index contributed by atoms with van der Waals surface area (Å²) in [4.78, 5) is 53.3. The zero-order chi connectivity index (χ0) is 23.8. The van der Waals surface area contributed by atoms with Crippen LogP contribution in [0, 0.1) is 11.3 Å². The van der Waals surface area contributed by atoms with Gasteiger partial charge in [-0.05, 0) is 54.7 Å². The van der Waals surface area contributed by atoms with Crippen molar-refractivity contribution in [3.63, 3.8) is 0 Å². The van der Waals surface area contributed by atoms with Crippen LogP contribution in [0.5, 0.6) is 0 Å². The van der Waals surface area contributed by atoms with Crippen molar-refractivity contribution in [2.24, 2.45) is 11.3 Å². The number of carbonyl (C=O) groups is 3. The highest BCUT2D eigenvalue weighted by Crippen LogP contribution is 2.57. The van der Waals surface area contributed by atoms with Crippen molar-refractivity contribution in [2.45, 2.75) is 38.1 Å². The first-order valence-electron chi connectivity index (χ1n) is 10.6. The molecule has 1 aliphatic heterocycles. The Labute approximate surface area is 188 Å². The normalized spacial score (nSPS) is 21.5. The lowest BCUT2D eigenvalue weighted by molar-refractivity contribution is -0.140. The summed E-state index contributed by atoms with van der Waals surface area (Å²) in [7, 11) is 0. The van der Waals surface area contributed by atoms with Gasteiger partial charge in [0.1, 0.15) is 11.9 Å². The predicted octanol–water partition coefficient (Wildman–Crippen LogP) is 0.617. The van der Waals surface area contributed by atoms with Crippen LogP contribution in [0.3, 0.4) is 0 Å². The molecule has 174 valence electrons. The molecule has 33 heavy (non-hydrogen) atoms. The molecule has 11 nitrogen and oxygen atoms in total. The smallest absolute Gasteiger partial charge is 0.326 e. The lowest BCUT2D eigenvalue weighted by Gasteiger charge is -2.25. The van der Waals surface area contributed by atoms with Crippen LogP contribution in [-0.2, 0) is 22.4 Å². The molecule has 0 bridgehead atoms. The van der Waals surface area contributed by atoms with Crippen LogP contribution in [0.15, 0.2) is 29.1 Å². The third-order valence-corrected chi connectivity index (χ3v) is 6.48. The Morgan fingerprint density at radius 1 is 1.24 bits per heavy atom. The van der Waals surface area contributed by atoms with Crippen LogP contribution >= 0.6 is 0 Å². The molecule has 11 heteroatoms. The van der Waals surface area contributed by atoms with E-state index in [0.717, 1.165) is 18.4 Å². The Hall–Kier alpha value is -3.89. The van der Waals surface area contributed by atoms with Crippen LogP contribution in [-0.4, -0.2) is 50.6 Å². The molecule has 1 aromatic heterocycles. The number of aromatic amines is 1. The maximum atomic E-state index is 12.4. The molecule has 1 aromatic carbocycles. The van der Waals surface area contributed by atoms with E-state index in [9.17, 15) is 24.3 Å². The fraction of sp³-hybridized carbons (Fsp3) is 0.409. The van der Waals surface area contributed by atoms with E-state index in [1.54, 1.807) is 12.1 Å². The topological polar surface area (TPSA) is 187 Å². The zero-order valence-electron chi connectivity index (χ0n) is 17.8. The molecular weight excluding hydrogens is 430 g/mol. The second-order valence-corrected chi connectivity index (χ2v) is 8.77. The molecule has 0 radical (unpaired) electrons. The van der Waals surface area contributed by atoms with E-state index in [1.165, 1.54) is 0 Å². The van der Waals surface area contributed by atoms with Gasteiger partial charge in [0, 0.05) is 18.5 Å². The van der Waals surface area contributed by atoms with Gasteiger partial charge in [-0.3, -0.25) is 19.4 Å². The number of rotatable bonds is 8. The fourth-order valence-electron chi connectivity index (χ4n) is 4.50. The van der Waals surface area contributed by atoms with Crippen molar-refractivity contribution < 1.29 is 24.6 Å². The number of hydrogen-bond donors (Lipinski definition) is 6. The van der Waals surface area contributed by atoms with E-state index in [-0.39, 0.29) is 29.8 Å². The van der Waals surface area contributed by atoms with Gasteiger partial charge in [-0.15, -0.1) is 0 Å². The number of nitrogens with two attached hydrogens (primary N) is 1. The number of anilines is 2. The van der Waals surface area contributed by atoms with Gasteiger partial charge in [0.25, 0.3) is 11.5 Å². The van der Waals surface area contributed by atoms with E-state index < -0.39 is 23.9 Å². The number of carboxylic acid groups (broad SMARTS) is 2. The number of benzene rings is 1. The highest BCUT2D eigenvalue weighted by molar-refractivity contribution is 5.96. The van der Waals surface area contributed by atoms with Gasteiger partial charge in [-0.1, -0.05) is 12.1 Å².